The van der Waals surface area contributed by atoms with Crippen LogP contribution in [0.3, 0.4) is 0 Å². The number of carbonyl (C=O) groups excluding carboxylic acids is 3. The normalized spacial score (nSPS) is 17.3. The van der Waals surface area contributed by atoms with Gasteiger partial charge in [-0.05, 0) is 112 Å². The van der Waals surface area contributed by atoms with Crippen LogP contribution in [0.2, 0.25) is 0 Å². The number of pyridine rings is 1. The van der Waals surface area contributed by atoms with Crippen molar-refractivity contribution in [2.75, 3.05) is 11.4 Å². The molecule has 1 fully saturated rings. The average Bonchev–Trinajstić information content (AvgIpc) is 3.39. The van der Waals surface area contributed by atoms with Crippen molar-refractivity contribution < 1.29 is 19.1 Å². The second-order valence-electron chi connectivity index (χ2n) is 13.1. The molecule has 242 valence electrons. The molecule has 46 heavy (non-hydrogen) atoms. The fraction of sp³-hybridized carbons (Fsp3) is 0.400. The van der Waals surface area contributed by atoms with E-state index in [2.05, 4.69) is 20.3 Å². The Kier molecular flexibility index (Phi) is 9.71. The number of amides is 3. The number of anilines is 1. The molecule has 4 aromatic rings. The number of H-pyrrole nitrogens is 2. The Balaban J connectivity index is 1.33. The molecule has 2 aromatic carbocycles. The number of carbonyl (C=O) groups is 3. The van der Waals surface area contributed by atoms with E-state index in [4.69, 9.17) is 10.5 Å². The quantitative estimate of drug-likeness (QED) is 0.214. The number of aryl methyl sites for hydroxylation is 1. The molecule has 11 heteroatoms. The predicted molar refractivity (Wildman–Crippen MR) is 177 cm³/mol. The Morgan fingerprint density at radius 2 is 1.78 bits per heavy atom. The summed E-state index contributed by atoms with van der Waals surface area (Å²) < 4.78 is 5.34. The Labute approximate surface area is 267 Å². The summed E-state index contributed by atoms with van der Waals surface area (Å²) in [5, 5.41) is 2.83. The number of imide groups is 1. The highest BCUT2D eigenvalue weighted by Crippen LogP contribution is 2.32. The van der Waals surface area contributed by atoms with Gasteiger partial charge in [-0.15, -0.1) is 0 Å². The molecule has 0 bridgehead atoms. The number of rotatable bonds is 8. The van der Waals surface area contributed by atoms with Crippen molar-refractivity contribution in [2.45, 2.75) is 71.4 Å². The van der Waals surface area contributed by atoms with E-state index in [0.717, 1.165) is 22.3 Å². The van der Waals surface area contributed by atoms with Crippen LogP contribution >= 0.6 is 0 Å². The van der Waals surface area contributed by atoms with Gasteiger partial charge in [0, 0.05) is 24.9 Å². The number of ether oxygens (including phenoxy) is 1. The van der Waals surface area contributed by atoms with Crippen LogP contribution in [0.1, 0.15) is 57.6 Å². The molecule has 11 nitrogen and oxygen atoms in total. The number of alkyl carbamates (subject to hydrolysis) is 1. The van der Waals surface area contributed by atoms with E-state index in [0.29, 0.717) is 48.9 Å². The van der Waals surface area contributed by atoms with Crippen LogP contribution in [0.5, 0.6) is 0 Å². The summed E-state index contributed by atoms with van der Waals surface area (Å²) in [5.74, 6) is -1.03. The van der Waals surface area contributed by atoms with E-state index in [1.165, 1.54) is 4.90 Å². The number of nitrogens with zero attached hydrogens (tertiary/aromatic N) is 2. The first-order chi connectivity index (χ1) is 21.9. The standard InChI is InChI=1S/C35H42N6O5/c1-21-19-37-15-14-27(21)25-7-5-6-23(16-25)17-28(36)32(43)41(26-12-13-29-30(18-26)40-33(44)39-29)31(42)24-10-8-22(9-11-24)20-38-34(45)46-35(2,3)4/h5-7,12-16,18-19,22,24,28H,8-11,17,20,36H2,1-4H3,(H,38,45)(H2,39,40,44)/t22-,24-,28-/m0/s1. The molecular formula is C35H42N6O5. The predicted octanol–water partition coefficient (Wildman–Crippen LogP) is 4.99. The third kappa shape index (κ3) is 7.89. The minimum Gasteiger partial charge on any atom is -0.444 e. The van der Waals surface area contributed by atoms with Crippen molar-refractivity contribution in [3.63, 3.8) is 0 Å². The van der Waals surface area contributed by atoms with E-state index >= 15 is 0 Å². The van der Waals surface area contributed by atoms with E-state index in [1.54, 1.807) is 30.6 Å². The first kappa shape index (κ1) is 32.6. The average molecular weight is 627 g/mol. The van der Waals surface area contributed by atoms with Crippen LogP contribution in [-0.4, -0.2) is 51.0 Å². The van der Waals surface area contributed by atoms with E-state index in [1.807, 2.05) is 58.0 Å². The van der Waals surface area contributed by atoms with Gasteiger partial charge in [-0.2, -0.15) is 0 Å². The second-order valence-corrected chi connectivity index (χ2v) is 13.1. The largest absolute Gasteiger partial charge is 0.444 e. The van der Waals surface area contributed by atoms with Gasteiger partial charge < -0.3 is 25.8 Å². The van der Waals surface area contributed by atoms with E-state index < -0.39 is 29.6 Å². The van der Waals surface area contributed by atoms with Gasteiger partial charge in [-0.1, -0.05) is 24.3 Å². The summed E-state index contributed by atoms with van der Waals surface area (Å²) in [5.41, 5.74) is 10.9. The summed E-state index contributed by atoms with van der Waals surface area (Å²) in [6.45, 7) is 7.89. The van der Waals surface area contributed by atoms with Gasteiger partial charge in [0.1, 0.15) is 5.60 Å². The van der Waals surface area contributed by atoms with Gasteiger partial charge in [-0.25, -0.2) is 14.5 Å². The Hall–Kier alpha value is -4.77. The lowest BCUT2D eigenvalue weighted by Crippen LogP contribution is -2.50. The molecule has 1 aliphatic carbocycles. The van der Waals surface area contributed by atoms with Crippen LogP contribution < -0.4 is 21.6 Å². The summed E-state index contributed by atoms with van der Waals surface area (Å²) in [7, 11) is 0. The highest BCUT2D eigenvalue weighted by Gasteiger charge is 2.35. The number of imidazole rings is 1. The molecule has 2 aromatic heterocycles. The molecule has 1 aliphatic rings. The summed E-state index contributed by atoms with van der Waals surface area (Å²) in [6.07, 6.45) is 5.87. The van der Waals surface area contributed by atoms with E-state index in [9.17, 15) is 19.2 Å². The first-order valence-corrected chi connectivity index (χ1v) is 15.7. The zero-order valence-corrected chi connectivity index (χ0v) is 26.8. The lowest BCUT2D eigenvalue weighted by atomic mass is 9.81. The number of aromatic nitrogens is 3. The van der Waals surface area contributed by atoms with Gasteiger partial charge >= 0.3 is 11.8 Å². The molecule has 3 amide bonds. The molecule has 0 aliphatic heterocycles. The van der Waals surface area contributed by atoms with Crippen molar-refractivity contribution in [3.05, 3.63) is 82.5 Å². The molecule has 1 atom stereocenters. The number of hydrogen-bond donors (Lipinski definition) is 4. The van der Waals surface area contributed by atoms with Crippen LogP contribution in [0.15, 0.2) is 65.7 Å². The molecule has 5 rings (SSSR count). The first-order valence-electron chi connectivity index (χ1n) is 15.7. The summed E-state index contributed by atoms with van der Waals surface area (Å²) >= 11 is 0. The van der Waals surface area contributed by atoms with Crippen LogP contribution in [0.25, 0.3) is 22.2 Å². The number of benzene rings is 2. The lowest BCUT2D eigenvalue weighted by Gasteiger charge is -2.32. The van der Waals surface area contributed by atoms with Gasteiger partial charge in [0.15, 0.2) is 0 Å². The topological polar surface area (TPSA) is 163 Å². The van der Waals surface area contributed by atoms with Crippen molar-refractivity contribution >= 4 is 34.6 Å². The molecule has 0 radical (unpaired) electrons. The molecule has 5 N–H and O–H groups in total. The van der Waals surface area contributed by atoms with Gasteiger partial charge in [0.2, 0.25) is 5.91 Å². The van der Waals surface area contributed by atoms with Gasteiger partial charge in [0.25, 0.3) is 5.91 Å². The maximum atomic E-state index is 14.1. The molecule has 1 saturated carbocycles. The zero-order chi connectivity index (χ0) is 33.0. The van der Waals surface area contributed by atoms with Crippen molar-refractivity contribution in [2.24, 2.45) is 17.6 Å². The Morgan fingerprint density at radius 3 is 2.50 bits per heavy atom. The zero-order valence-electron chi connectivity index (χ0n) is 26.8. The molecule has 0 spiro atoms. The molecular weight excluding hydrogens is 584 g/mol. The number of hydrogen-bond acceptors (Lipinski definition) is 7. The Bertz CT molecular complexity index is 1780. The van der Waals surface area contributed by atoms with Crippen molar-refractivity contribution in [3.8, 4) is 11.1 Å². The number of nitrogens with two attached hydrogens (primary N) is 1. The van der Waals surface area contributed by atoms with E-state index in [-0.39, 0.29) is 23.9 Å². The Morgan fingerprint density at radius 1 is 1.04 bits per heavy atom. The van der Waals surface area contributed by atoms with Crippen molar-refractivity contribution in [1.29, 1.82) is 0 Å². The maximum Gasteiger partial charge on any atom is 0.407 e. The van der Waals surface area contributed by atoms with Crippen LogP contribution in [0.4, 0.5) is 10.5 Å². The number of nitrogens with one attached hydrogen (secondary N) is 3. The molecule has 2 heterocycles. The minimum absolute atomic E-state index is 0.195. The van der Waals surface area contributed by atoms with Gasteiger partial charge in [0.05, 0.1) is 22.8 Å². The van der Waals surface area contributed by atoms with Crippen LogP contribution in [-0.2, 0) is 20.7 Å². The summed E-state index contributed by atoms with van der Waals surface area (Å²) in [4.78, 5) is 63.0. The minimum atomic E-state index is -0.993. The maximum absolute atomic E-state index is 14.1. The lowest BCUT2D eigenvalue weighted by molar-refractivity contribution is -0.130. The van der Waals surface area contributed by atoms with Gasteiger partial charge in [-0.3, -0.25) is 14.6 Å². The second kappa shape index (κ2) is 13.7. The highest BCUT2D eigenvalue weighted by atomic mass is 16.6. The third-order valence-corrected chi connectivity index (χ3v) is 8.36. The van der Waals surface area contributed by atoms with Crippen LogP contribution in [0, 0.1) is 18.8 Å². The summed E-state index contributed by atoms with van der Waals surface area (Å²) in [6, 6.07) is 13.8. The number of aromatic amines is 2. The fourth-order valence-corrected chi connectivity index (χ4v) is 6.03. The third-order valence-electron chi connectivity index (χ3n) is 8.36. The molecule has 0 saturated heterocycles. The smallest absolute Gasteiger partial charge is 0.407 e. The SMILES string of the molecule is Cc1cnccc1-c1cccc(C[C@H](N)C(=O)N(c2ccc3[nH]c(=O)[nH]c3c2)C(=O)[C@H]2CC[C@H](CNC(=O)OC(C)(C)C)CC2)c1. The van der Waals surface area contributed by atoms with Crippen molar-refractivity contribution in [1.82, 2.24) is 20.3 Å². The number of fused-ring (bicyclic) bond motifs is 1. The molecule has 0 unspecified atom stereocenters. The monoisotopic (exact) mass is 626 g/mol. The fourth-order valence-electron chi connectivity index (χ4n) is 6.03. The highest BCUT2D eigenvalue weighted by molar-refractivity contribution is 6.17.